The van der Waals surface area contributed by atoms with Crippen molar-refractivity contribution in [2.24, 2.45) is 5.10 Å². The number of hydrogen-bond donors (Lipinski definition) is 1. The van der Waals surface area contributed by atoms with Crippen LogP contribution in [-0.2, 0) is 4.79 Å². The molecule has 0 aliphatic carbocycles. The van der Waals surface area contributed by atoms with Gasteiger partial charge in [-0.25, -0.2) is 9.82 Å². The van der Waals surface area contributed by atoms with Crippen LogP contribution in [0.2, 0.25) is 5.02 Å². The van der Waals surface area contributed by atoms with Crippen molar-refractivity contribution in [2.45, 2.75) is 12.1 Å². The van der Waals surface area contributed by atoms with Crippen LogP contribution in [0.15, 0.2) is 83.1 Å². The first-order chi connectivity index (χ1) is 17.1. The Hall–Kier alpha value is -3.69. The van der Waals surface area contributed by atoms with Crippen molar-refractivity contribution < 1.29 is 13.9 Å². The molecule has 0 radical (unpaired) electrons. The molecule has 1 aromatic heterocycles. The standard InChI is InChI=1S/C25H21ClFN5O2S/c1-2-34-19-13-11-18(12-14-19)32-24(17-7-4-3-5-8-17)30-31-25(32)35-16-23(33)29-28-15-20-21(26)9-6-10-22(20)27/h3-15H,2,16H2,1H3,(H,29,33). The van der Waals surface area contributed by atoms with Gasteiger partial charge in [0.15, 0.2) is 11.0 Å². The number of carbonyl (C=O) groups excluding carboxylic acids is 1. The normalized spacial score (nSPS) is 11.1. The molecule has 0 saturated heterocycles. The van der Waals surface area contributed by atoms with E-state index in [1.54, 1.807) is 6.07 Å². The molecular formula is C25H21ClFN5O2S. The van der Waals surface area contributed by atoms with E-state index in [1.165, 1.54) is 30.1 Å². The summed E-state index contributed by atoms with van der Waals surface area (Å²) in [6.07, 6.45) is 1.18. The minimum absolute atomic E-state index is 0.0201. The number of nitrogens with zero attached hydrogens (tertiary/aromatic N) is 4. The fourth-order valence-corrected chi connectivity index (χ4v) is 4.15. The molecule has 1 N–H and O–H groups in total. The minimum Gasteiger partial charge on any atom is -0.494 e. The number of rotatable bonds is 9. The topological polar surface area (TPSA) is 81.4 Å². The zero-order chi connectivity index (χ0) is 24.6. The van der Waals surface area contributed by atoms with Crippen molar-refractivity contribution >= 4 is 35.5 Å². The van der Waals surface area contributed by atoms with E-state index in [0.29, 0.717) is 17.6 Å². The van der Waals surface area contributed by atoms with Crippen LogP contribution < -0.4 is 10.2 Å². The van der Waals surface area contributed by atoms with Gasteiger partial charge in [0.05, 0.1) is 23.6 Å². The summed E-state index contributed by atoms with van der Waals surface area (Å²) in [6, 6.07) is 21.5. The molecule has 7 nitrogen and oxygen atoms in total. The first-order valence-electron chi connectivity index (χ1n) is 10.7. The number of ether oxygens (including phenoxy) is 1. The lowest BCUT2D eigenvalue weighted by molar-refractivity contribution is -0.118. The van der Waals surface area contributed by atoms with E-state index >= 15 is 0 Å². The van der Waals surface area contributed by atoms with Crippen LogP contribution in [-0.4, -0.2) is 39.2 Å². The van der Waals surface area contributed by atoms with E-state index in [-0.39, 0.29) is 22.2 Å². The number of hydrogen-bond acceptors (Lipinski definition) is 6. The third kappa shape index (κ3) is 6.06. The molecule has 0 aliphatic heterocycles. The fourth-order valence-electron chi connectivity index (χ4n) is 3.19. The maximum atomic E-state index is 13.8. The van der Waals surface area contributed by atoms with Gasteiger partial charge in [0.25, 0.3) is 5.91 Å². The average molecular weight is 510 g/mol. The first-order valence-corrected chi connectivity index (χ1v) is 12.1. The van der Waals surface area contributed by atoms with E-state index in [1.807, 2.05) is 66.1 Å². The first kappa shape index (κ1) is 24.4. The molecule has 0 spiro atoms. The summed E-state index contributed by atoms with van der Waals surface area (Å²) in [5.74, 6) is 0.506. The van der Waals surface area contributed by atoms with Crippen molar-refractivity contribution in [1.29, 1.82) is 0 Å². The van der Waals surface area contributed by atoms with Gasteiger partial charge in [-0.05, 0) is 43.3 Å². The third-order valence-corrected chi connectivity index (χ3v) is 6.04. The molecule has 0 bridgehead atoms. The summed E-state index contributed by atoms with van der Waals surface area (Å²) in [4.78, 5) is 12.4. The highest BCUT2D eigenvalue weighted by atomic mass is 35.5. The fraction of sp³-hybridized carbons (Fsp3) is 0.120. The zero-order valence-electron chi connectivity index (χ0n) is 18.7. The third-order valence-electron chi connectivity index (χ3n) is 4.79. The molecule has 0 atom stereocenters. The summed E-state index contributed by atoms with van der Waals surface area (Å²) >= 11 is 7.17. The van der Waals surface area contributed by atoms with E-state index in [0.717, 1.165) is 17.0 Å². The highest BCUT2D eigenvalue weighted by Crippen LogP contribution is 2.28. The average Bonchev–Trinajstić information content (AvgIpc) is 3.30. The predicted molar refractivity (Wildman–Crippen MR) is 136 cm³/mol. The molecule has 178 valence electrons. The largest absolute Gasteiger partial charge is 0.494 e. The Morgan fingerprint density at radius 3 is 2.60 bits per heavy atom. The van der Waals surface area contributed by atoms with Gasteiger partial charge in [0.1, 0.15) is 11.6 Å². The Bertz CT molecular complexity index is 1310. The van der Waals surface area contributed by atoms with Crippen LogP contribution in [0.5, 0.6) is 5.75 Å². The molecular weight excluding hydrogens is 489 g/mol. The number of halogens is 2. The summed E-state index contributed by atoms with van der Waals surface area (Å²) in [6.45, 7) is 2.50. The summed E-state index contributed by atoms with van der Waals surface area (Å²) in [5, 5.41) is 13.2. The van der Waals surface area contributed by atoms with E-state index in [2.05, 4.69) is 20.7 Å². The monoisotopic (exact) mass is 509 g/mol. The van der Waals surface area contributed by atoms with Crippen LogP contribution in [0.4, 0.5) is 4.39 Å². The summed E-state index contributed by atoms with van der Waals surface area (Å²) in [5.41, 5.74) is 4.20. The number of aromatic nitrogens is 3. The van der Waals surface area contributed by atoms with Gasteiger partial charge in [-0.15, -0.1) is 10.2 Å². The van der Waals surface area contributed by atoms with Crippen molar-refractivity contribution in [2.75, 3.05) is 12.4 Å². The molecule has 1 amide bonds. The van der Waals surface area contributed by atoms with Crippen LogP contribution >= 0.6 is 23.4 Å². The van der Waals surface area contributed by atoms with Gasteiger partial charge in [-0.1, -0.05) is 59.8 Å². The number of thioether (sulfide) groups is 1. The quantitative estimate of drug-likeness (QED) is 0.186. The Morgan fingerprint density at radius 2 is 1.89 bits per heavy atom. The van der Waals surface area contributed by atoms with Crippen molar-refractivity contribution in [3.05, 3.63) is 89.2 Å². The van der Waals surface area contributed by atoms with E-state index in [4.69, 9.17) is 16.3 Å². The second-order valence-electron chi connectivity index (χ2n) is 7.15. The highest BCUT2D eigenvalue weighted by Gasteiger charge is 2.17. The van der Waals surface area contributed by atoms with Crippen molar-refractivity contribution in [3.63, 3.8) is 0 Å². The van der Waals surface area contributed by atoms with Gasteiger partial charge in [0, 0.05) is 16.8 Å². The Kier molecular flexibility index (Phi) is 8.12. The maximum absolute atomic E-state index is 13.8. The van der Waals surface area contributed by atoms with E-state index < -0.39 is 5.82 Å². The summed E-state index contributed by atoms with van der Waals surface area (Å²) in [7, 11) is 0. The van der Waals surface area contributed by atoms with Crippen molar-refractivity contribution in [1.82, 2.24) is 20.2 Å². The molecule has 0 saturated carbocycles. The minimum atomic E-state index is -0.526. The zero-order valence-corrected chi connectivity index (χ0v) is 20.3. The lowest BCUT2D eigenvalue weighted by Gasteiger charge is -2.11. The van der Waals surface area contributed by atoms with Gasteiger partial charge in [-0.2, -0.15) is 5.10 Å². The number of carbonyl (C=O) groups is 1. The summed E-state index contributed by atoms with van der Waals surface area (Å²) < 4.78 is 21.3. The smallest absolute Gasteiger partial charge is 0.250 e. The second kappa shape index (κ2) is 11.6. The maximum Gasteiger partial charge on any atom is 0.250 e. The lowest BCUT2D eigenvalue weighted by atomic mass is 10.2. The number of hydrazone groups is 1. The predicted octanol–water partition coefficient (Wildman–Crippen LogP) is 5.37. The number of benzene rings is 3. The lowest BCUT2D eigenvalue weighted by Crippen LogP contribution is -2.20. The van der Waals surface area contributed by atoms with Gasteiger partial charge >= 0.3 is 0 Å². The molecule has 4 rings (SSSR count). The molecule has 10 heteroatoms. The second-order valence-corrected chi connectivity index (χ2v) is 8.50. The SMILES string of the molecule is CCOc1ccc(-n2c(SCC(=O)NN=Cc3c(F)cccc3Cl)nnc2-c2ccccc2)cc1. The van der Waals surface area contributed by atoms with Gasteiger partial charge in [0.2, 0.25) is 0 Å². The molecule has 0 aliphatic rings. The Labute approximate surface area is 211 Å². The molecule has 0 fully saturated rings. The molecule has 1 heterocycles. The van der Waals surface area contributed by atoms with Gasteiger partial charge < -0.3 is 4.74 Å². The molecule has 4 aromatic rings. The van der Waals surface area contributed by atoms with Crippen LogP contribution in [0.25, 0.3) is 17.1 Å². The Balaban J connectivity index is 1.52. The molecule has 0 unspecified atom stereocenters. The van der Waals surface area contributed by atoms with Gasteiger partial charge in [-0.3, -0.25) is 9.36 Å². The van der Waals surface area contributed by atoms with Crippen LogP contribution in [0.1, 0.15) is 12.5 Å². The Morgan fingerprint density at radius 1 is 1.11 bits per heavy atom. The van der Waals surface area contributed by atoms with Crippen LogP contribution in [0.3, 0.4) is 0 Å². The molecule has 35 heavy (non-hydrogen) atoms. The highest BCUT2D eigenvalue weighted by molar-refractivity contribution is 7.99. The van der Waals surface area contributed by atoms with E-state index in [9.17, 15) is 9.18 Å². The number of amides is 1. The molecule has 3 aromatic carbocycles. The van der Waals surface area contributed by atoms with Crippen molar-refractivity contribution in [3.8, 4) is 22.8 Å². The van der Waals surface area contributed by atoms with Crippen LogP contribution in [0, 0.1) is 5.82 Å². The number of nitrogens with one attached hydrogen (secondary N) is 1.